The van der Waals surface area contributed by atoms with Crippen LogP contribution in [0.2, 0.25) is 42.8 Å². The summed E-state index contributed by atoms with van der Waals surface area (Å²) in [5.74, 6) is 0.588. The van der Waals surface area contributed by atoms with Crippen LogP contribution in [0.5, 0.6) is 0 Å². The Balaban J connectivity index is 1.45. The van der Waals surface area contributed by atoms with Gasteiger partial charge in [0.1, 0.15) is 0 Å². The molecule has 0 bridgehead atoms. The van der Waals surface area contributed by atoms with Crippen molar-refractivity contribution in [2.45, 2.75) is 46.6 Å². The third-order valence-corrected chi connectivity index (χ3v) is 61.7. The van der Waals surface area contributed by atoms with Crippen molar-refractivity contribution in [1.82, 2.24) is 0 Å². The van der Waals surface area contributed by atoms with E-state index in [1.807, 2.05) is 18.2 Å². The summed E-state index contributed by atoms with van der Waals surface area (Å²) in [4.78, 5) is 21.7. The average molecular weight is 325 g/mol. The molecule has 0 radical (unpaired) electrons. The summed E-state index contributed by atoms with van der Waals surface area (Å²) in [6.07, 6.45) is 0. The van der Waals surface area contributed by atoms with E-state index in [0.717, 1.165) is 44.1 Å². The quantitative estimate of drug-likeness (QED) is 0.435. The number of alkyl halides is 1. The van der Waals surface area contributed by atoms with Crippen LogP contribution in [0.25, 0.3) is 0 Å². The Morgan fingerprint density at radius 3 is 1.85 bits per heavy atom. The predicted octanol–water partition coefficient (Wildman–Crippen LogP) is 4.78. The van der Waals surface area contributed by atoms with Crippen LogP contribution in [0.15, 0.2) is 30.3 Å². The minimum atomic E-state index is -3.59. The van der Waals surface area contributed by atoms with Crippen LogP contribution in [0.3, 0.4) is 0 Å². The van der Waals surface area contributed by atoms with E-state index in [-0.39, 0.29) is 4.31 Å². The van der Waals surface area contributed by atoms with Crippen molar-refractivity contribution in [2.24, 2.45) is 0 Å². The second kappa shape index (κ2) is 0.697. The number of benzene rings is 1. The van der Waals surface area contributed by atoms with Crippen LogP contribution in [0.4, 0.5) is 0 Å². The maximum absolute atomic E-state index is 13.5. The number of hydrogen-bond donors (Lipinski definition) is 0. The Labute approximate surface area is 111 Å². The number of Topliss-reactive ketones (excluding diaryl/α,β-unsaturated/α-hetero) is 1. The monoisotopic (exact) mass is 324 g/mol. The molecule has 10 aliphatic heterocycles. The van der Waals surface area contributed by atoms with Gasteiger partial charge in [0.15, 0.2) is 0 Å². The first-order valence-corrected chi connectivity index (χ1v) is 14.5. The zero-order valence-electron chi connectivity index (χ0n) is 10.6. The summed E-state index contributed by atoms with van der Waals surface area (Å²) in [5, 5.41) is 0. The van der Waals surface area contributed by atoms with Crippen molar-refractivity contribution in [3.05, 3.63) is 35.9 Å². The van der Waals surface area contributed by atoms with Gasteiger partial charge in [-0.15, -0.1) is 0 Å². The van der Waals surface area contributed by atoms with Gasteiger partial charge in [0.25, 0.3) is 0 Å². The molecule has 0 N–H and O–H groups in total. The molecule has 1 nitrogen and oxygen atoms in total. The fourth-order valence-corrected chi connectivity index (χ4v) is 97.2. The number of carbonyl (C=O) groups is 1. The summed E-state index contributed by atoms with van der Waals surface area (Å²) in [7, 11) is 0. The van der Waals surface area contributed by atoms with E-state index in [2.05, 4.69) is 12.1 Å². The number of carbonyl (C=O) groups excluding carboxylic acids is 1. The van der Waals surface area contributed by atoms with Gasteiger partial charge >= 0.3 is 111 Å². The van der Waals surface area contributed by atoms with Crippen LogP contribution < -0.4 is 0 Å². The van der Waals surface area contributed by atoms with E-state index in [4.69, 9.17) is 11.6 Å². The van der Waals surface area contributed by atoms with Crippen LogP contribution in [-0.4, -0.2) is 9.56 Å². The van der Waals surface area contributed by atoms with Gasteiger partial charge < -0.3 is 0 Å². The summed E-state index contributed by atoms with van der Waals surface area (Å²) in [6, 6.07) is 10.2. The van der Waals surface area contributed by atoms with Crippen LogP contribution in [0, 0.1) is 0 Å². The first kappa shape index (κ1) is 7.81. The fraction of sp³-hybridized carbons (Fsp3) is 0.588. The van der Waals surface area contributed by atoms with Crippen molar-refractivity contribution in [2.75, 3.05) is 0 Å². The molecule has 1 aromatic carbocycles. The van der Waals surface area contributed by atoms with Gasteiger partial charge in [0.2, 0.25) is 0 Å². The van der Waals surface area contributed by atoms with Gasteiger partial charge in [-0.25, -0.2) is 0 Å². The zero-order valence-corrected chi connectivity index (χ0v) is 12.5. The molecular weight excluding hydrogens is 311 g/mol. The van der Waals surface area contributed by atoms with Gasteiger partial charge in [-0.1, -0.05) is 0 Å². The van der Waals surface area contributed by atoms with Gasteiger partial charge in [0.05, 0.1) is 0 Å². The molecule has 1 spiro atoms. The summed E-state index contributed by atoms with van der Waals surface area (Å²) in [5.41, 5.74) is 1.01. The molecule has 10 fully saturated rings. The third kappa shape index (κ3) is 0.0831. The predicted molar refractivity (Wildman–Crippen MR) is 72.0 cm³/mol. The van der Waals surface area contributed by atoms with Crippen molar-refractivity contribution < 1.29 is 11.3 Å². The average Bonchev–Trinajstić information content (AvgIpc) is 3.42. The number of fused-ring (bicyclic) bond motifs is 10. The number of halogens is 1. The fourth-order valence-electron chi connectivity index (χ4n) is 17.7. The molecule has 20 heavy (non-hydrogen) atoms. The standard InChI is InChI=1S/C12H9O.C5H4Cl.Fe/c13-12(11-8-4-5-9-11)10-6-2-1-3-7-10;6-5-3-1-2-4-5;/h1-9H;1-4H;. The van der Waals surface area contributed by atoms with Gasteiger partial charge in [-0.05, 0) is 0 Å². The first-order chi connectivity index (χ1) is 9.45. The van der Waals surface area contributed by atoms with Gasteiger partial charge in [0, 0.05) is 0 Å². The number of ketones is 1. The molecule has 0 aromatic heterocycles. The molecule has 10 saturated heterocycles. The second-order valence-corrected chi connectivity index (χ2v) is 35.5. The van der Waals surface area contributed by atoms with Gasteiger partial charge in [-0.2, -0.15) is 0 Å². The maximum atomic E-state index is 13.5. The van der Waals surface area contributed by atoms with Crippen LogP contribution in [-0.2, 0) is 6.51 Å². The Hall–Kier alpha value is -0.301. The summed E-state index contributed by atoms with van der Waals surface area (Å²) >= 11 is 7.35. The molecule has 10 aliphatic rings. The van der Waals surface area contributed by atoms with E-state index in [0.29, 0.717) is 9.56 Å². The van der Waals surface area contributed by atoms with Crippen molar-refractivity contribution >= 4 is 17.4 Å². The first-order valence-electron chi connectivity index (χ1n) is 7.95. The molecule has 11 rings (SSSR count). The Kier molecular flexibility index (Phi) is 0.272. The molecular formula is C17H13ClFeO. The summed E-state index contributed by atoms with van der Waals surface area (Å²) < 4.78 is 0.566. The topological polar surface area (TPSA) is 17.1 Å². The van der Waals surface area contributed by atoms with E-state index in [1.54, 1.807) is 0 Å². The van der Waals surface area contributed by atoms with Crippen molar-refractivity contribution in [1.29, 1.82) is 0 Å². The Bertz CT molecular complexity index is 1280. The molecule has 3 heteroatoms. The zero-order chi connectivity index (χ0) is 12.6. The minimum absolute atomic E-state index is 0.248. The van der Waals surface area contributed by atoms with Crippen molar-refractivity contribution in [3.63, 3.8) is 0 Å². The van der Waals surface area contributed by atoms with Gasteiger partial charge in [-0.3, -0.25) is 0 Å². The Morgan fingerprint density at radius 1 is 0.950 bits per heavy atom. The number of rotatable bonds is 2. The number of hydrogen-bond acceptors (Lipinski definition) is 1. The van der Waals surface area contributed by atoms with E-state index in [1.165, 1.54) is 0 Å². The Morgan fingerprint density at radius 2 is 1.50 bits per heavy atom. The van der Waals surface area contributed by atoms with E-state index in [9.17, 15) is 4.79 Å². The second-order valence-electron chi connectivity index (χ2n) is 11.4. The SMILES string of the molecule is O=C(c1ccccc1)[C]12[CH]3[CH]4[CH]5[CH]1[Fe]45321678[CH]2[CH]1[CH]6[C]7(Cl)[CH]28. The molecule has 0 aliphatic carbocycles. The van der Waals surface area contributed by atoms with Crippen LogP contribution in [0.1, 0.15) is 10.4 Å². The van der Waals surface area contributed by atoms with Crippen molar-refractivity contribution in [3.8, 4) is 0 Å². The molecule has 0 saturated carbocycles. The molecule has 10 heterocycles. The normalized spacial score (nSPS) is 106. The van der Waals surface area contributed by atoms with E-state index < -0.39 is 6.51 Å². The summed E-state index contributed by atoms with van der Waals surface area (Å²) in [6.45, 7) is -3.59. The van der Waals surface area contributed by atoms with E-state index >= 15 is 0 Å². The molecule has 0 amide bonds. The molecule has 8 unspecified atom stereocenters. The molecule has 102 valence electrons. The molecule has 1 aromatic rings. The third-order valence-electron chi connectivity index (χ3n) is 16.0. The molecule has 8 atom stereocenters. The van der Waals surface area contributed by atoms with Crippen LogP contribution >= 0.6 is 11.6 Å².